The lowest BCUT2D eigenvalue weighted by molar-refractivity contribution is -0.163. The molecule has 0 bridgehead atoms. The van der Waals surface area contributed by atoms with Crippen molar-refractivity contribution in [2.24, 2.45) is 52.3 Å². The van der Waals surface area contributed by atoms with Crippen molar-refractivity contribution in [3.63, 3.8) is 0 Å². The molecule has 9 atom stereocenters. The molecule has 1 aromatic carbocycles. The summed E-state index contributed by atoms with van der Waals surface area (Å²) in [6, 6.07) is 11.0. The molecule has 0 N–H and O–H groups in total. The SMILES string of the molecule is CC(C)CCC[C@@H](C)[C@H]1CC[C@H]2[C@@H]3CCC4CC(OC(=O)CCC(=O)Oc5cccc(-c6nc(N7CCOCC7)c7oc8ncccc8c7n6)c5)CC[C@]4(C)[C@H]3CC[C@]12C. The van der Waals surface area contributed by atoms with Crippen LogP contribution in [0, 0.1) is 52.3 Å². The molecule has 4 aliphatic carbocycles. The number of rotatable bonds is 12. The zero-order valence-electron chi connectivity index (χ0n) is 36.6. The number of carbonyl (C=O) groups is 2. The minimum absolute atomic E-state index is 0.00324. The van der Waals surface area contributed by atoms with E-state index < -0.39 is 5.97 Å². The molecule has 0 spiro atoms. The molecule has 2 unspecified atom stereocenters. The molecule has 10 nitrogen and oxygen atoms in total. The van der Waals surface area contributed by atoms with Crippen molar-refractivity contribution >= 4 is 40.0 Å². The second kappa shape index (κ2) is 17.0. The van der Waals surface area contributed by atoms with E-state index >= 15 is 0 Å². The third-order valence-electron chi connectivity index (χ3n) is 16.4. The van der Waals surface area contributed by atoms with Gasteiger partial charge in [0.25, 0.3) is 0 Å². The number of anilines is 1. The minimum atomic E-state index is -0.473. The average Bonchev–Trinajstić information content (AvgIpc) is 3.81. The number of morpholine rings is 1. The first kappa shape index (κ1) is 41.3. The molecular weight excluding hydrogens is 753 g/mol. The van der Waals surface area contributed by atoms with Gasteiger partial charge in [-0.3, -0.25) is 9.59 Å². The number of hydrogen-bond donors (Lipinski definition) is 0. The Balaban J connectivity index is 0.786. The highest BCUT2D eigenvalue weighted by Crippen LogP contribution is 2.68. The van der Waals surface area contributed by atoms with E-state index in [9.17, 15) is 9.59 Å². The summed E-state index contributed by atoms with van der Waals surface area (Å²) in [7, 11) is 0. The fraction of sp³-hybridized carbons (Fsp3) is 0.660. The summed E-state index contributed by atoms with van der Waals surface area (Å²) in [5.74, 6) is 6.38. The minimum Gasteiger partial charge on any atom is -0.462 e. The molecule has 10 heteroatoms. The van der Waals surface area contributed by atoms with E-state index in [1.165, 1.54) is 57.8 Å². The molecule has 0 amide bonds. The Labute approximate surface area is 355 Å². The van der Waals surface area contributed by atoms with Crippen LogP contribution in [0.5, 0.6) is 5.75 Å². The van der Waals surface area contributed by atoms with Gasteiger partial charge in [-0.1, -0.05) is 66.0 Å². The first-order valence-electron chi connectivity index (χ1n) is 23.4. The molecule has 5 fully saturated rings. The number of furan rings is 1. The van der Waals surface area contributed by atoms with Gasteiger partial charge in [-0.2, -0.15) is 0 Å². The first-order chi connectivity index (χ1) is 29.0. The fourth-order valence-electron chi connectivity index (χ4n) is 13.3. The average molecular weight is 819 g/mol. The van der Waals surface area contributed by atoms with Crippen LogP contribution in [0.3, 0.4) is 0 Å². The van der Waals surface area contributed by atoms with E-state index in [2.05, 4.69) is 44.5 Å². The predicted octanol–water partition coefficient (Wildman–Crippen LogP) is 11.0. The Morgan fingerprint density at radius 2 is 1.68 bits per heavy atom. The molecule has 9 rings (SSSR count). The van der Waals surface area contributed by atoms with Gasteiger partial charge in [0.05, 0.1) is 31.4 Å². The van der Waals surface area contributed by atoms with Crippen LogP contribution in [-0.4, -0.2) is 59.3 Å². The van der Waals surface area contributed by atoms with Gasteiger partial charge in [0.15, 0.2) is 17.2 Å². The topological polar surface area (TPSA) is 117 Å². The second-order valence-electron chi connectivity index (χ2n) is 20.2. The van der Waals surface area contributed by atoms with Crippen LogP contribution in [0.15, 0.2) is 47.0 Å². The van der Waals surface area contributed by atoms with Crippen molar-refractivity contribution in [3.8, 4) is 17.1 Å². The maximum atomic E-state index is 13.2. The fourth-order valence-corrected chi connectivity index (χ4v) is 13.3. The largest absolute Gasteiger partial charge is 0.462 e. The van der Waals surface area contributed by atoms with Crippen LogP contribution in [0.4, 0.5) is 5.82 Å². The van der Waals surface area contributed by atoms with Crippen LogP contribution in [0.25, 0.3) is 33.6 Å². The van der Waals surface area contributed by atoms with Gasteiger partial charge in [-0.05, 0) is 134 Å². The highest BCUT2D eigenvalue weighted by Gasteiger charge is 2.60. The molecule has 1 saturated heterocycles. The summed E-state index contributed by atoms with van der Waals surface area (Å²) >= 11 is 0. The van der Waals surface area contributed by atoms with Gasteiger partial charge < -0.3 is 23.5 Å². The molecule has 1 aliphatic heterocycles. The van der Waals surface area contributed by atoms with Crippen LogP contribution in [-0.2, 0) is 19.1 Å². The molecule has 60 heavy (non-hydrogen) atoms. The highest BCUT2D eigenvalue weighted by atomic mass is 16.5. The molecule has 5 aliphatic rings. The molecular formula is C50H66N4O6. The molecule has 322 valence electrons. The van der Waals surface area contributed by atoms with Gasteiger partial charge in [-0.25, -0.2) is 15.0 Å². The molecule has 4 saturated carbocycles. The number of esters is 2. The number of pyridine rings is 1. The smallest absolute Gasteiger partial charge is 0.311 e. The van der Waals surface area contributed by atoms with Crippen molar-refractivity contribution in [1.82, 2.24) is 15.0 Å². The standard InChI is InChI=1S/C50H66N4O6/c1-31(2)9-6-10-32(3)39-16-17-40-37-15-14-34-30-36(20-22-49(34,4)41(37)21-23-50(39,40)5)59-43(56)19-18-42(55)58-35-12-7-11-33(29-35)46-52-44-38-13-8-24-51-48(38)60-45(44)47(53-46)54-25-27-57-28-26-54/h7-8,11-13,24,29,31-32,34,36-37,39-41H,6,9-10,14-23,25-28,30H2,1-5H3/t32-,34?,36?,37+,39-,40+,41+,49+,50-/m1/s1. The lowest BCUT2D eigenvalue weighted by Gasteiger charge is -2.61. The summed E-state index contributed by atoms with van der Waals surface area (Å²) < 4.78 is 23.6. The van der Waals surface area contributed by atoms with Crippen LogP contribution in [0.1, 0.15) is 125 Å². The van der Waals surface area contributed by atoms with E-state index in [0.717, 1.165) is 60.2 Å². The third-order valence-corrected chi connectivity index (χ3v) is 16.4. The van der Waals surface area contributed by atoms with Crippen LogP contribution >= 0.6 is 0 Å². The van der Waals surface area contributed by atoms with E-state index in [1.807, 2.05) is 24.3 Å². The normalized spacial score (nSPS) is 30.8. The van der Waals surface area contributed by atoms with Gasteiger partial charge in [-0.15, -0.1) is 0 Å². The van der Waals surface area contributed by atoms with Crippen molar-refractivity contribution in [1.29, 1.82) is 0 Å². The van der Waals surface area contributed by atoms with E-state index in [0.29, 0.717) is 82.8 Å². The number of aromatic nitrogens is 3. The van der Waals surface area contributed by atoms with Gasteiger partial charge in [0.1, 0.15) is 17.4 Å². The zero-order chi connectivity index (χ0) is 41.6. The first-order valence-corrected chi connectivity index (χ1v) is 23.4. The van der Waals surface area contributed by atoms with Crippen LogP contribution in [0.2, 0.25) is 0 Å². The number of ether oxygens (including phenoxy) is 3. The van der Waals surface area contributed by atoms with Crippen molar-refractivity contribution in [2.45, 2.75) is 131 Å². The number of benzene rings is 1. The van der Waals surface area contributed by atoms with E-state index in [4.69, 9.17) is 28.6 Å². The predicted molar refractivity (Wildman–Crippen MR) is 233 cm³/mol. The van der Waals surface area contributed by atoms with E-state index in [1.54, 1.807) is 18.3 Å². The Bertz CT molecular complexity index is 2180. The highest BCUT2D eigenvalue weighted by molar-refractivity contribution is 6.05. The molecule has 4 aromatic rings. The summed E-state index contributed by atoms with van der Waals surface area (Å²) in [5, 5.41) is 0.807. The van der Waals surface area contributed by atoms with Gasteiger partial charge in [0.2, 0.25) is 5.71 Å². The third kappa shape index (κ3) is 7.95. The van der Waals surface area contributed by atoms with Gasteiger partial charge in [0, 0.05) is 24.8 Å². The summed E-state index contributed by atoms with van der Waals surface area (Å²) in [6.45, 7) is 15.1. The Hall–Kier alpha value is -4.05. The number of fused-ring (bicyclic) bond motifs is 8. The van der Waals surface area contributed by atoms with E-state index in [-0.39, 0.29) is 24.9 Å². The van der Waals surface area contributed by atoms with Gasteiger partial charge >= 0.3 is 11.9 Å². The Kier molecular flexibility index (Phi) is 11.7. The monoisotopic (exact) mass is 818 g/mol. The quantitative estimate of drug-likeness (QED) is 0.101. The zero-order valence-corrected chi connectivity index (χ0v) is 36.6. The van der Waals surface area contributed by atoms with Crippen LogP contribution < -0.4 is 9.64 Å². The lowest BCUT2D eigenvalue weighted by atomic mass is 9.44. The Morgan fingerprint density at radius 1 is 0.883 bits per heavy atom. The maximum Gasteiger partial charge on any atom is 0.311 e. The lowest BCUT2D eigenvalue weighted by Crippen LogP contribution is -2.54. The maximum absolute atomic E-state index is 13.2. The summed E-state index contributed by atoms with van der Waals surface area (Å²) in [6.07, 6.45) is 16.9. The summed E-state index contributed by atoms with van der Waals surface area (Å²) in [5.41, 5.74) is 3.30. The van der Waals surface area contributed by atoms with Crippen molar-refractivity contribution < 1.29 is 28.2 Å². The van der Waals surface area contributed by atoms with Crippen molar-refractivity contribution in [2.75, 3.05) is 31.2 Å². The number of hydrogen-bond acceptors (Lipinski definition) is 10. The molecule has 4 heterocycles. The molecule has 3 aromatic heterocycles. The number of nitrogens with zero attached hydrogens (tertiary/aromatic N) is 4. The number of carbonyl (C=O) groups excluding carboxylic acids is 2. The molecule has 0 radical (unpaired) electrons. The second-order valence-corrected chi connectivity index (χ2v) is 20.2. The Morgan fingerprint density at radius 3 is 2.52 bits per heavy atom. The van der Waals surface area contributed by atoms with Crippen molar-refractivity contribution in [3.05, 3.63) is 42.6 Å². The summed E-state index contributed by atoms with van der Waals surface area (Å²) in [4.78, 5) is 42.7.